The molecule has 1 heterocycles. The molecule has 0 aromatic heterocycles. The summed E-state index contributed by atoms with van der Waals surface area (Å²) in [6, 6.07) is -0.185. The maximum atomic E-state index is 12.5. The van der Waals surface area contributed by atoms with Gasteiger partial charge in [0.2, 0.25) is 5.91 Å². The van der Waals surface area contributed by atoms with Crippen molar-refractivity contribution in [3.63, 3.8) is 0 Å². The van der Waals surface area contributed by atoms with Gasteiger partial charge < -0.3 is 15.0 Å². The van der Waals surface area contributed by atoms with Crippen LogP contribution in [0.2, 0.25) is 0 Å². The Hall–Kier alpha value is -0.820. The van der Waals surface area contributed by atoms with Gasteiger partial charge in [0, 0.05) is 12.6 Å². The summed E-state index contributed by atoms with van der Waals surface area (Å²) in [5.74, 6) is -0.981. The molecule has 1 N–H and O–H groups in total. The van der Waals surface area contributed by atoms with E-state index >= 15 is 0 Å². The lowest BCUT2D eigenvalue weighted by molar-refractivity contribution is -0.164. The van der Waals surface area contributed by atoms with Crippen molar-refractivity contribution in [3.05, 3.63) is 0 Å². The van der Waals surface area contributed by atoms with Gasteiger partial charge in [0.1, 0.15) is 6.54 Å². The number of hydrogen-bond acceptors (Lipinski definition) is 3. The van der Waals surface area contributed by atoms with Gasteiger partial charge in [-0.1, -0.05) is 13.8 Å². The summed E-state index contributed by atoms with van der Waals surface area (Å²) < 4.78 is 42.9. The van der Waals surface area contributed by atoms with Crippen molar-refractivity contribution in [2.24, 2.45) is 5.92 Å². The summed E-state index contributed by atoms with van der Waals surface area (Å²) in [6.07, 6.45) is -2.96. The van der Waals surface area contributed by atoms with Crippen LogP contribution in [0.5, 0.6) is 0 Å². The molecular weight excluding hydrogens is 273 g/mol. The van der Waals surface area contributed by atoms with Crippen LogP contribution < -0.4 is 5.32 Å². The second-order valence-corrected chi connectivity index (χ2v) is 5.08. The fraction of sp³-hybridized carbons (Fsp3) is 0.923. The molecule has 0 spiro atoms. The van der Waals surface area contributed by atoms with E-state index in [0.29, 0.717) is 13.0 Å². The van der Waals surface area contributed by atoms with Crippen LogP contribution in [0.4, 0.5) is 13.2 Å². The quantitative estimate of drug-likeness (QED) is 0.779. The minimum absolute atomic E-state index is 0.120. The Kier molecular flexibility index (Phi) is 6.75. The van der Waals surface area contributed by atoms with Crippen LogP contribution in [0.1, 0.15) is 26.7 Å². The predicted molar refractivity (Wildman–Crippen MR) is 69.3 cm³/mol. The first-order valence-electron chi connectivity index (χ1n) is 7.05. The second kappa shape index (κ2) is 7.83. The molecular formula is C13H23F3N2O2. The van der Waals surface area contributed by atoms with Gasteiger partial charge in [-0.25, -0.2) is 0 Å². The summed E-state index contributed by atoms with van der Waals surface area (Å²) in [4.78, 5) is 13.2. The smallest absolute Gasteiger partial charge is 0.379 e. The molecule has 2 atom stereocenters. The highest BCUT2D eigenvalue weighted by Crippen LogP contribution is 2.21. The van der Waals surface area contributed by atoms with Crippen LogP contribution >= 0.6 is 0 Å². The molecule has 0 aromatic carbocycles. The number of carbonyl (C=O) groups excluding carboxylic acids is 1. The third kappa shape index (κ3) is 5.28. The summed E-state index contributed by atoms with van der Waals surface area (Å²) in [6.45, 7) is 3.98. The molecule has 118 valence electrons. The van der Waals surface area contributed by atoms with Gasteiger partial charge in [-0.2, -0.15) is 13.2 Å². The first kappa shape index (κ1) is 17.2. The minimum atomic E-state index is -4.36. The molecule has 1 rings (SSSR count). The largest absolute Gasteiger partial charge is 0.406 e. The summed E-state index contributed by atoms with van der Waals surface area (Å²) in [7, 11) is 0. The zero-order chi connectivity index (χ0) is 15.2. The van der Waals surface area contributed by atoms with Crippen molar-refractivity contribution >= 4 is 5.91 Å². The first-order chi connectivity index (χ1) is 9.39. The maximum absolute atomic E-state index is 12.5. The van der Waals surface area contributed by atoms with Crippen LogP contribution in [0.25, 0.3) is 0 Å². The molecule has 1 saturated heterocycles. The number of nitrogens with one attached hydrogen (secondary N) is 1. The lowest BCUT2D eigenvalue weighted by Crippen LogP contribution is -2.48. The number of rotatable bonds is 7. The zero-order valence-electron chi connectivity index (χ0n) is 12.0. The van der Waals surface area contributed by atoms with E-state index in [2.05, 4.69) is 5.32 Å². The van der Waals surface area contributed by atoms with Gasteiger partial charge in [-0.05, 0) is 19.4 Å². The number of amides is 1. The van der Waals surface area contributed by atoms with Gasteiger partial charge in [-0.3, -0.25) is 4.79 Å². The number of hydrogen-bond donors (Lipinski definition) is 1. The first-order valence-corrected chi connectivity index (χ1v) is 7.05. The van der Waals surface area contributed by atoms with E-state index in [-0.39, 0.29) is 19.2 Å². The van der Waals surface area contributed by atoms with E-state index in [0.717, 1.165) is 17.9 Å². The summed E-state index contributed by atoms with van der Waals surface area (Å²) in [5, 5.41) is 3.17. The van der Waals surface area contributed by atoms with Crippen molar-refractivity contribution in [3.8, 4) is 0 Å². The third-order valence-electron chi connectivity index (χ3n) is 3.23. The topological polar surface area (TPSA) is 41.6 Å². The Morgan fingerprint density at radius 1 is 1.30 bits per heavy atom. The molecule has 1 aliphatic heterocycles. The fourth-order valence-electron chi connectivity index (χ4n) is 2.32. The molecule has 20 heavy (non-hydrogen) atoms. The monoisotopic (exact) mass is 296 g/mol. The summed E-state index contributed by atoms with van der Waals surface area (Å²) in [5.41, 5.74) is 0. The van der Waals surface area contributed by atoms with Crippen LogP contribution in [0.3, 0.4) is 0 Å². The number of ether oxygens (including phenoxy) is 1. The summed E-state index contributed by atoms with van der Waals surface area (Å²) >= 11 is 0. The van der Waals surface area contributed by atoms with Gasteiger partial charge >= 0.3 is 6.18 Å². The van der Waals surface area contributed by atoms with Gasteiger partial charge in [0.25, 0.3) is 0 Å². The van der Waals surface area contributed by atoms with Crippen molar-refractivity contribution in [1.29, 1.82) is 0 Å². The molecule has 2 unspecified atom stereocenters. The van der Waals surface area contributed by atoms with E-state index in [4.69, 9.17) is 4.74 Å². The van der Waals surface area contributed by atoms with Gasteiger partial charge in [0.05, 0.1) is 19.1 Å². The van der Waals surface area contributed by atoms with Gasteiger partial charge in [-0.15, -0.1) is 0 Å². The van der Waals surface area contributed by atoms with E-state index in [9.17, 15) is 18.0 Å². The molecule has 4 nitrogen and oxygen atoms in total. The highest BCUT2D eigenvalue weighted by Gasteiger charge is 2.39. The second-order valence-electron chi connectivity index (χ2n) is 5.08. The SMILES string of the molecule is CCCNC1COCC1C(=O)N(CCC)CC(F)(F)F. The van der Waals surface area contributed by atoms with Crippen LogP contribution in [-0.2, 0) is 9.53 Å². The molecule has 0 radical (unpaired) electrons. The van der Waals surface area contributed by atoms with Crippen LogP contribution in [0, 0.1) is 5.92 Å². The van der Waals surface area contributed by atoms with E-state index in [1.807, 2.05) is 6.92 Å². The lowest BCUT2D eigenvalue weighted by atomic mass is 10.0. The van der Waals surface area contributed by atoms with Crippen molar-refractivity contribution in [2.75, 3.05) is 32.8 Å². The maximum Gasteiger partial charge on any atom is 0.406 e. The Morgan fingerprint density at radius 2 is 2.00 bits per heavy atom. The fourth-order valence-corrected chi connectivity index (χ4v) is 2.32. The molecule has 0 aliphatic carbocycles. The normalized spacial score (nSPS) is 23.1. The Morgan fingerprint density at radius 3 is 2.55 bits per heavy atom. The van der Waals surface area contributed by atoms with E-state index in [1.54, 1.807) is 6.92 Å². The number of halogens is 3. The van der Waals surface area contributed by atoms with Crippen LogP contribution in [-0.4, -0.2) is 55.9 Å². The van der Waals surface area contributed by atoms with Crippen molar-refractivity contribution in [1.82, 2.24) is 10.2 Å². The average molecular weight is 296 g/mol. The van der Waals surface area contributed by atoms with Crippen molar-refractivity contribution < 1.29 is 22.7 Å². The molecule has 7 heteroatoms. The third-order valence-corrected chi connectivity index (χ3v) is 3.23. The Labute approximate surface area is 117 Å². The molecule has 1 fully saturated rings. The Bertz CT molecular complexity index is 310. The molecule has 1 amide bonds. The number of nitrogens with zero attached hydrogens (tertiary/aromatic N) is 1. The number of alkyl halides is 3. The van der Waals surface area contributed by atoms with Gasteiger partial charge in [0.15, 0.2) is 0 Å². The highest BCUT2D eigenvalue weighted by atomic mass is 19.4. The number of carbonyl (C=O) groups is 1. The van der Waals surface area contributed by atoms with Crippen molar-refractivity contribution in [2.45, 2.75) is 38.9 Å². The molecule has 0 aromatic rings. The standard InChI is InChI=1S/C13H23F3N2O2/c1-3-5-17-11-8-20-7-10(11)12(19)18(6-4-2)9-13(14,15)16/h10-11,17H,3-9H2,1-2H3. The molecule has 1 aliphatic rings. The van der Waals surface area contributed by atoms with E-state index < -0.39 is 24.5 Å². The average Bonchev–Trinajstić information content (AvgIpc) is 2.81. The minimum Gasteiger partial charge on any atom is -0.379 e. The van der Waals surface area contributed by atoms with Crippen LogP contribution in [0.15, 0.2) is 0 Å². The lowest BCUT2D eigenvalue weighted by Gasteiger charge is -2.28. The Balaban J connectivity index is 2.67. The predicted octanol–water partition coefficient (Wildman–Crippen LogP) is 1.80. The van der Waals surface area contributed by atoms with E-state index in [1.165, 1.54) is 0 Å². The highest BCUT2D eigenvalue weighted by molar-refractivity contribution is 5.80. The molecule has 0 saturated carbocycles. The zero-order valence-corrected chi connectivity index (χ0v) is 12.0. The molecule has 0 bridgehead atoms.